The van der Waals surface area contributed by atoms with Gasteiger partial charge in [0.2, 0.25) is 5.91 Å². The molecule has 3 aromatic rings. The molecule has 1 aliphatic carbocycles. The fourth-order valence-electron chi connectivity index (χ4n) is 3.33. The Balaban J connectivity index is 1.58. The molecule has 8 heteroatoms. The third kappa shape index (κ3) is 2.99. The molecule has 0 unspecified atom stereocenters. The number of amides is 1. The maximum absolute atomic E-state index is 13.2. The molecule has 1 N–H and O–H groups in total. The second-order valence-corrected chi connectivity index (χ2v) is 9.24. The molecule has 7 nitrogen and oxygen atoms in total. The molecular weight excluding hydrogens is 376 g/mol. The molecule has 144 valence electrons. The van der Waals surface area contributed by atoms with E-state index in [1.54, 1.807) is 60.9 Å². The molecule has 1 amide bonds. The van der Waals surface area contributed by atoms with E-state index in [1.165, 1.54) is 4.80 Å². The molecule has 1 aromatic heterocycles. The predicted octanol–water partition coefficient (Wildman–Crippen LogP) is 2.91. The summed E-state index contributed by atoms with van der Waals surface area (Å²) in [5.74, 6) is -0.482. The van der Waals surface area contributed by atoms with E-state index in [0.717, 1.165) is 11.3 Å². The van der Waals surface area contributed by atoms with Gasteiger partial charge in [0, 0.05) is 5.69 Å². The molecule has 0 radical (unpaired) electrons. The number of hydrogen-bond donors (Lipinski definition) is 1. The van der Waals surface area contributed by atoms with Crippen LogP contribution in [-0.2, 0) is 14.6 Å². The molecule has 0 bridgehead atoms. The van der Waals surface area contributed by atoms with Crippen molar-refractivity contribution in [2.45, 2.75) is 35.8 Å². The zero-order chi connectivity index (χ0) is 19.8. The van der Waals surface area contributed by atoms with Crippen LogP contribution in [0.4, 0.5) is 5.69 Å². The summed E-state index contributed by atoms with van der Waals surface area (Å²) in [7, 11) is -3.78. The summed E-state index contributed by atoms with van der Waals surface area (Å²) < 4.78 is 25.0. The van der Waals surface area contributed by atoms with Crippen LogP contribution in [0.3, 0.4) is 0 Å². The van der Waals surface area contributed by atoms with E-state index in [2.05, 4.69) is 15.5 Å². The lowest BCUT2D eigenvalue weighted by Gasteiger charge is -2.39. The van der Waals surface area contributed by atoms with Crippen molar-refractivity contribution in [2.75, 3.05) is 5.32 Å². The van der Waals surface area contributed by atoms with Gasteiger partial charge in [-0.25, -0.2) is 8.42 Å². The number of benzene rings is 2. The monoisotopic (exact) mass is 396 g/mol. The molecule has 0 spiro atoms. The number of sulfone groups is 1. The summed E-state index contributed by atoms with van der Waals surface area (Å²) in [5, 5.41) is 10.9. The van der Waals surface area contributed by atoms with Crippen molar-refractivity contribution in [3.8, 4) is 5.69 Å². The number of aryl methyl sites for hydroxylation is 1. The van der Waals surface area contributed by atoms with Gasteiger partial charge in [-0.05, 0) is 62.6 Å². The minimum atomic E-state index is -3.78. The molecule has 1 heterocycles. The van der Waals surface area contributed by atoms with Crippen molar-refractivity contribution in [3.05, 3.63) is 66.5 Å². The van der Waals surface area contributed by atoms with Gasteiger partial charge in [-0.15, -0.1) is 0 Å². The minimum absolute atomic E-state index is 0.188. The first kappa shape index (κ1) is 18.4. The van der Waals surface area contributed by atoms with Crippen molar-refractivity contribution < 1.29 is 13.2 Å². The van der Waals surface area contributed by atoms with Crippen molar-refractivity contribution in [1.29, 1.82) is 0 Å². The van der Waals surface area contributed by atoms with Gasteiger partial charge in [-0.3, -0.25) is 4.79 Å². The largest absolute Gasteiger partial charge is 0.325 e. The predicted molar refractivity (Wildman–Crippen MR) is 105 cm³/mol. The number of rotatable bonds is 5. The van der Waals surface area contributed by atoms with Crippen LogP contribution in [0.25, 0.3) is 5.69 Å². The van der Waals surface area contributed by atoms with E-state index in [1.807, 2.05) is 6.92 Å². The first-order chi connectivity index (χ1) is 13.4. The Bertz CT molecular complexity index is 1090. The molecule has 0 saturated heterocycles. The van der Waals surface area contributed by atoms with Crippen LogP contribution < -0.4 is 5.32 Å². The Morgan fingerprint density at radius 2 is 1.61 bits per heavy atom. The molecule has 1 aliphatic rings. The quantitative estimate of drug-likeness (QED) is 0.716. The Morgan fingerprint density at radius 1 is 1.00 bits per heavy atom. The van der Waals surface area contributed by atoms with E-state index in [9.17, 15) is 13.2 Å². The molecule has 0 aliphatic heterocycles. The lowest BCUT2D eigenvalue weighted by Crippen LogP contribution is -2.54. The van der Waals surface area contributed by atoms with Gasteiger partial charge >= 0.3 is 0 Å². The summed E-state index contributed by atoms with van der Waals surface area (Å²) in [6.45, 7) is 1.89. The van der Waals surface area contributed by atoms with Crippen LogP contribution in [0.5, 0.6) is 0 Å². The van der Waals surface area contributed by atoms with Gasteiger partial charge in [0.25, 0.3) is 0 Å². The van der Waals surface area contributed by atoms with Gasteiger partial charge in [0.05, 0.1) is 23.0 Å². The maximum atomic E-state index is 13.2. The van der Waals surface area contributed by atoms with Crippen molar-refractivity contribution >= 4 is 21.4 Å². The normalized spacial score (nSPS) is 15.6. The van der Waals surface area contributed by atoms with Gasteiger partial charge in [0.15, 0.2) is 14.6 Å². The van der Waals surface area contributed by atoms with Crippen LogP contribution in [0.15, 0.2) is 65.8 Å². The van der Waals surface area contributed by atoms with Crippen molar-refractivity contribution in [3.63, 3.8) is 0 Å². The lowest BCUT2D eigenvalue weighted by atomic mass is 9.83. The second kappa shape index (κ2) is 6.87. The van der Waals surface area contributed by atoms with Gasteiger partial charge in [-0.1, -0.05) is 17.7 Å². The molecule has 28 heavy (non-hydrogen) atoms. The third-order valence-corrected chi connectivity index (χ3v) is 7.71. The van der Waals surface area contributed by atoms with E-state index in [-0.39, 0.29) is 4.90 Å². The number of aromatic nitrogens is 3. The van der Waals surface area contributed by atoms with E-state index < -0.39 is 20.5 Å². The Kier molecular flexibility index (Phi) is 4.50. The fraction of sp³-hybridized carbons (Fsp3) is 0.250. The average Bonchev–Trinajstić information content (AvgIpc) is 3.16. The highest BCUT2D eigenvalue weighted by Crippen LogP contribution is 2.43. The Morgan fingerprint density at radius 3 is 2.14 bits per heavy atom. The van der Waals surface area contributed by atoms with Gasteiger partial charge in [0.1, 0.15) is 0 Å². The van der Waals surface area contributed by atoms with Crippen LogP contribution >= 0.6 is 0 Å². The highest BCUT2D eigenvalue weighted by molar-refractivity contribution is 7.93. The van der Waals surface area contributed by atoms with E-state index >= 15 is 0 Å². The number of hydrogen-bond acceptors (Lipinski definition) is 5. The molecule has 1 fully saturated rings. The standard InChI is InChI=1S/C20H20N4O3S/c1-15-3-9-18(10-4-15)28(26,27)20(11-2-12-20)19(25)23-16-5-7-17(8-6-16)24-21-13-14-22-24/h3-10,13-14H,2,11-12H2,1H3,(H,23,25). The molecule has 2 aromatic carbocycles. The molecule has 0 atom stereocenters. The topological polar surface area (TPSA) is 94.0 Å². The highest BCUT2D eigenvalue weighted by Gasteiger charge is 2.55. The molecule has 1 saturated carbocycles. The zero-order valence-corrected chi connectivity index (χ0v) is 16.2. The summed E-state index contributed by atoms with van der Waals surface area (Å²) in [6, 6.07) is 13.6. The smallest absolute Gasteiger partial charge is 0.246 e. The number of nitrogens with zero attached hydrogens (tertiary/aromatic N) is 3. The fourth-order valence-corrected chi connectivity index (χ4v) is 5.40. The third-order valence-electron chi connectivity index (χ3n) is 5.20. The zero-order valence-electron chi connectivity index (χ0n) is 15.4. The Hall–Kier alpha value is -3.00. The van der Waals surface area contributed by atoms with Gasteiger partial charge in [-0.2, -0.15) is 15.0 Å². The number of anilines is 1. The summed E-state index contributed by atoms with van der Waals surface area (Å²) in [5.41, 5.74) is 2.25. The van der Waals surface area contributed by atoms with Crippen LogP contribution in [0.1, 0.15) is 24.8 Å². The lowest BCUT2D eigenvalue weighted by molar-refractivity contribution is -0.120. The summed E-state index contributed by atoms with van der Waals surface area (Å²) in [4.78, 5) is 14.6. The maximum Gasteiger partial charge on any atom is 0.246 e. The SMILES string of the molecule is Cc1ccc(S(=O)(=O)C2(C(=O)Nc3ccc(-n4nccn4)cc3)CCC2)cc1. The number of carbonyl (C=O) groups excluding carboxylic acids is 1. The second-order valence-electron chi connectivity index (χ2n) is 6.98. The van der Waals surface area contributed by atoms with Crippen molar-refractivity contribution in [1.82, 2.24) is 15.0 Å². The van der Waals surface area contributed by atoms with Crippen molar-refractivity contribution in [2.24, 2.45) is 0 Å². The van der Waals surface area contributed by atoms with Crippen LogP contribution in [0, 0.1) is 6.92 Å². The molecule has 4 rings (SSSR count). The first-order valence-corrected chi connectivity index (χ1v) is 10.5. The summed E-state index contributed by atoms with van der Waals surface area (Å²) >= 11 is 0. The number of carbonyl (C=O) groups is 1. The average molecular weight is 396 g/mol. The number of nitrogens with one attached hydrogen (secondary N) is 1. The summed E-state index contributed by atoms with van der Waals surface area (Å²) in [6.07, 6.45) is 4.51. The Labute approximate surface area is 163 Å². The van der Waals surface area contributed by atoms with Gasteiger partial charge < -0.3 is 5.32 Å². The minimum Gasteiger partial charge on any atom is -0.325 e. The highest BCUT2D eigenvalue weighted by atomic mass is 32.2. The van der Waals surface area contributed by atoms with E-state index in [4.69, 9.17) is 0 Å². The molecular formula is C20H20N4O3S. The van der Waals surface area contributed by atoms with E-state index in [0.29, 0.717) is 24.9 Å². The van der Waals surface area contributed by atoms with Crippen LogP contribution in [0.2, 0.25) is 0 Å². The first-order valence-electron chi connectivity index (χ1n) is 9.02. The van der Waals surface area contributed by atoms with Crippen LogP contribution in [-0.4, -0.2) is 34.1 Å².